The second-order valence-electron chi connectivity index (χ2n) is 3.09. The van der Waals surface area contributed by atoms with E-state index in [0.717, 1.165) is 0 Å². The van der Waals surface area contributed by atoms with Crippen molar-refractivity contribution in [2.45, 2.75) is 13.0 Å². The third kappa shape index (κ3) is 3.30. The summed E-state index contributed by atoms with van der Waals surface area (Å²) in [6, 6.07) is 2.45. The molecule has 86 valence electrons. The maximum absolute atomic E-state index is 11.7. The van der Waals surface area contributed by atoms with Crippen LogP contribution in [0.5, 0.6) is 0 Å². The second kappa shape index (κ2) is 5.60. The van der Waals surface area contributed by atoms with Gasteiger partial charge in [-0.2, -0.15) is 0 Å². The highest BCUT2D eigenvalue weighted by molar-refractivity contribution is 9.10. The number of hydrogen-bond acceptors (Lipinski definition) is 4. The Bertz CT molecular complexity index is 409. The van der Waals surface area contributed by atoms with E-state index in [9.17, 15) is 9.59 Å². The van der Waals surface area contributed by atoms with Crippen LogP contribution >= 0.6 is 15.9 Å². The van der Waals surface area contributed by atoms with Crippen molar-refractivity contribution < 1.29 is 14.3 Å². The number of carbonyl (C=O) groups excluding carboxylic acids is 2. The van der Waals surface area contributed by atoms with E-state index in [1.165, 1.54) is 13.3 Å². The summed E-state index contributed by atoms with van der Waals surface area (Å²) in [4.78, 5) is 26.6. The van der Waals surface area contributed by atoms with E-state index < -0.39 is 12.0 Å². The summed E-state index contributed by atoms with van der Waals surface area (Å²) >= 11 is 3.16. The summed E-state index contributed by atoms with van der Waals surface area (Å²) in [5.74, 6) is -0.831. The second-order valence-corrected chi connectivity index (χ2v) is 3.90. The molecule has 6 heteroatoms. The lowest BCUT2D eigenvalue weighted by Gasteiger charge is -2.11. The number of esters is 1. The Hall–Kier alpha value is -1.43. The van der Waals surface area contributed by atoms with Gasteiger partial charge in [-0.1, -0.05) is 0 Å². The highest BCUT2D eigenvalue weighted by Gasteiger charge is 2.16. The highest BCUT2D eigenvalue weighted by atomic mass is 79.9. The van der Waals surface area contributed by atoms with Crippen LogP contribution < -0.4 is 5.32 Å². The van der Waals surface area contributed by atoms with E-state index in [1.54, 1.807) is 19.1 Å². The van der Waals surface area contributed by atoms with Crippen LogP contribution in [0.3, 0.4) is 0 Å². The molecule has 1 aromatic rings. The number of ether oxygens (including phenoxy) is 1. The molecular formula is C10H11BrN2O3. The standard InChI is InChI=1S/C10H11BrN2O3/c1-6(10(15)16-2)13-9(14)7-3-4-12-8(11)5-7/h3-6H,1-2H3,(H,13,14). The first-order chi connectivity index (χ1) is 7.54. The van der Waals surface area contributed by atoms with E-state index in [-0.39, 0.29) is 5.91 Å². The summed E-state index contributed by atoms with van der Waals surface area (Å²) < 4.78 is 5.06. The number of amides is 1. The van der Waals surface area contributed by atoms with Gasteiger partial charge < -0.3 is 10.1 Å². The number of rotatable bonds is 3. The van der Waals surface area contributed by atoms with Gasteiger partial charge in [0.25, 0.3) is 5.91 Å². The van der Waals surface area contributed by atoms with Crippen molar-refractivity contribution in [1.29, 1.82) is 0 Å². The number of nitrogens with zero attached hydrogens (tertiary/aromatic N) is 1. The first-order valence-electron chi connectivity index (χ1n) is 4.55. The van der Waals surface area contributed by atoms with E-state index in [1.807, 2.05) is 0 Å². The van der Waals surface area contributed by atoms with E-state index in [2.05, 4.69) is 31.0 Å². The molecule has 0 fully saturated rings. The summed E-state index contributed by atoms with van der Waals surface area (Å²) in [7, 11) is 1.27. The minimum atomic E-state index is -0.676. The van der Waals surface area contributed by atoms with Gasteiger partial charge in [-0.05, 0) is 35.0 Å². The zero-order chi connectivity index (χ0) is 12.1. The zero-order valence-corrected chi connectivity index (χ0v) is 10.4. The monoisotopic (exact) mass is 286 g/mol. The molecule has 0 aliphatic rings. The summed E-state index contributed by atoms with van der Waals surface area (Å²) in [6.45, 7) is 1.56. The van der Waals surface area contributed by atoms with Crippen molar-refractivity contribution in [2.24, 2.45) is 0 Å². The van der Waals surface area contributed by atoms with E-state index in [0.29, 0.717) is 10.2 Å². The van der Waals surface area contributed by atoms with Crippen LogP contribution in [-0.2, 0) is 9.53 Å². The van der Waals surface area contributed by atoms with Crippen LogP contribution in [0.1, 0.15) is 17.3 Å². The molecule has 0 bridgehead atoms. The number of aromatic nitrogens is 1. The van der Waals surface area contributed by atoms with Crippen LogP contribution in [0.25, 0.3) is 0 Å². The van der Waals surface area contributed by atoms with Crippen LogP contribution in [-0.4, -0.2) is 30.0 Å². The third-order valence-electron chi connectivity index (χ3n) is 1.89. The van der Waals surface area contributed by atoms with Gasteiger partial charge in [-0.25, -0.2) is 9.78 Å². The fourth-order valence-electron chi connectivity index (χ4n) is 1.06. The Morgan fingerprint density at radius 3 is 2.81 bits per heavy atom. The molecule has 0 radical (unpaired) electrons. The van der Waals surface area contributed by atoms with Crippen LogP contribution in [0, 0.1) is 0 Å². The largest absolute Gasteiger partial charge is 0.467 e. The number of hydrogen-bond donors (Lipinski definition) is 1. The first kappa shape index (κ1) is 12.6. The maximum atomic E-state index is 11.7. The predicted molar refractivity (Wildman–Crippen MR) is 60.9 cm³/mol. The number of nitrogens with one attached hydrogen (secondary N) is 1. The Labute approximate surface area is 101 Å². The molecule has 1 rings (SSSR count). The molecule has 1 unspecified atom stereocenters. The highest BCUT2D eigenvalue weighted by Crippen LogP contribution is 2.08. The topological polar surface area (TPSA) is 68.3 Å². The first-order valence-corrected chi connectivity index (χ1v) is 5.34. The molecule has 1 aromatic heterocycles. The Morgan fingerprint density at radius 2 is 2.25 bits per heavy atom. The minimum absolute atomic E-state index is 0.346. The molecule has 1 N–H and O–H groups in total. The van der Waals surface area contributed by atoms with Crippen molar-refractivity contribution in [3.05, 3.63) is 28.5 Å². The van der Waals surface area contributed by atoms with Gasteiger partial charge in [0.05, 0.1) is 7.11 Å². The van der Waals surface area contributed by atoms with Gasteiger partial charge in [0.2, 0.25) is 0 Å². The van der Waals surface area contributed by atoms with E-state index in [4.69, 9.17) is 0 Å². The van der Waals surface area contributed by atoms with Crippen LogP contribution in [0.2, 0.25) is 0 Å². The average Bonchev–Trinajstić information content (AvgIpc) is 2.27. The molecule has 0 saturated heterocycles. The van der Waals surface area contributed by atoms with Crippen LogP contribution in [0.4, 0.5) is 0 Å². The fraction of sp³-hybridized carbons (Fsp3) is 0.300. The number of halogens is 1. The minimum Gasteiger partial charge on any atom is -0.467 e. The van der Waals surface area contributed by atoms with Gasteiger partial charge in [0.1, 0.15) is 10.6 Å². The Kier molecular flexibility index (Phi) is 4.42. The lowest BCUT2D eigenvalue weighted by atomic mass is 10.2. The predicted octanol–water partition coefficient (Wildman–Crippen LogP) is 1.14. The van der Waals surface area contributed by atoms with Gasteiger partial charge in [0, 0.05) is 11.8 Å². The number of methoxy groups -OCH3 is 1. The third-order valence-corrected chi connectivity index (χ3v) is 2.32. The van der Waals surface area contributed by atoms with Crippen molar-refractivity contribution in [3.63, 3.8) is 0 Å². The molecule has 0 aliphatic carbocycles. The Morgan fingerprint density at radius 1 is 1.56 bits per heavy atom. The number of carbonyl (C=O) groups is 2. The van der Waals surface area contributed by atoms with Gasteiger partial charge >= 0.3 is 5.97 Å². The molecule has 1 atom stereocenters. The summed E-state index contributed by atoms with van der Waals surface area (Å²) in [5.41, 5.74) is 0.428. The van der Waals surface area contributed by atoms with Gasteiger partial charge in [-0.3, -0.25) is 4.79 Å². The lowest BCUT2D eigenvalue weighted by Crippen LogP contribution is -2.39. The number of pyridine rings is 1. The normalized spacial score (nSPS) is 11.7. The molecule has 0 aliphatic heterocycles. The quantitative estimate of drug-likeness (QED) is 0.668. The summed E-state index contributed by atoms with van der Waals surface area (Å²) in [6.07, 6.45) is 1.50. The fourth-order valence-corrected chi connectivity index (χ4v) is 1.42. The molecule has 16 heavy (non-hydrogen) atoms. The molecule has 0 saturated carbocycles. The van der Waals surface area contributed by atoms with Crippen molar-refractivity contribution in [3.8, 4) is 0 Å². The van der Waals surface area contributed by atoms with Crippen molar-refractivity contribution >= 4 is 27.8 Å². The Balaban J connectivity index is 2.69. The zero-order valence-electron chi connectivity index (χ0n) is 8.86. The molecular weight excluding hydrogens is 276 g/mol. The summed E-state index contributed by atoms with van der Waals surface area (Å²) in [5, 5.41) is 2.51. The van der Waals surface area contributed by atoms with Crippen molar-refractivity contribution in [1.82, 2.24) is 10.3 Å². The van der Waals surface area contributed by atoms with Crippen LogP contribution in [0.15, 0.2) is 22.9 Å². The molecule has 5 nitrogen and oxygen atoms in total. The maximum Gasteiger partial charge on any atom is 0.328 e. The molecule has 1 heterocycles. The van der Waals surface area contributed by atoms with E-state index >= 15 is 0 Å². The smallest absolute Gasteiger partial charge is 0.328 e. The molecule has 0 aromatic carbocycles. The van der Waals surface area contributed by atoms with Gasteiger partial charge in [0.15, 0.2) is 0 Å². The SMILES string of the molecule is COC(=O)C(C)NC(=O)c1ccnc(Br)c1. The lowest BCUT2D eigenvalue weighted by molar-refractivity contribution is -0.142. The molecule has 1 amide bonds. The van der Waals surface area contributed by atoms with Crippen molar-refractivity contribution in [2.75, 3.05) is 7.11 Å². The average molecular weight is 287 g/mol. The molecule has 0 spiro atoms. The van der Waals surface area contributed by atoms with Gasteiger partial charge in [-0.15, -0.1) is 0 Å².